The molecule has 0 bridgehead atoms. The number of ether oxygens (including phenoxy) is 1. The second-order valence-corrected chi connectivity index (χ2v) is 5.91. The molecule has 0 amide bonds. The lowest BCUT2D eigenvalue weighted by atomic mass is 10.0. The Hall–Kier alpha value is -3.06. The van der Waals surface area contributed by atoms with Crippen molar-refractivity contribution in [3.63, 3.8) is 0 Å². The zero-order chi connectivity index (χ0) is 16.4. The van der Waals surface area contributed by atoms with E-state index in [0.717, 1.165) is 5.75 Å². The molecule has 0 aliphatic heterocycles. The minimum Gasteiger partial charge on any atom is -0.497 e. The van der Waals surface area contributed by atoms with Gasteiger partial charge in [0, 0.05) is 0 Å². The van der Waals surface area contributed by atoms with Gasteiger partial charge in [0.2, 0.25) is 0 Å². The van der Waals surface area contributed by atoms with Crippen LogP contribution in [0, 0.1) is 0 Å². The van der Waals surface area contributed by atoms with E-state index in [1.54, 1.807) is 7.11 Å². The van der Waals surface area contributed by atoms with E-state index >= 15 is 0 Å². The van der Waals surface area contributed by atoms with Crippen LogP contribution in [0.3, 0.4) is 0 Å². The smallest absolute Gasteiger partial charge is 0.119 e. The number of hydrogen-bond donors (Lipinski definition) is 0. The van der Waals surface area contributed by atoms with Crippen molar-refractivity contribution < 1.29 is 4.74 Å². The highest BCUT2D eigenvalue weighted by molar-refractivity contribution is 5.88. The van der Waals surface area contributed by atoms with Crippen LogP contribution >= 0.6 is 0 Å². The number of methoxy groups -OCH3 is 1. The molecule has 1 heteroatoms. The summed E-state index contributed by atoms with van der Waals surface area (Å²) >= 11 is 0. The van der Waals surface area contributed by atoms with Gasteiger partial charge in [-0.05, 0) is 56.9 Å². The Morgan fingerprint density at radius 3 is 1.83 bits per heavy atom. The van der Waals surface area contributed by atoms with Crippen molar-refractivity contribution in [2.24, 2.45) is 0 Å². The molecule has 0 heterocycles. The van der Waals surface area contributed by atoms with Crippen molar-refractivity contribution in [2.45, 2.75) is 0 Å². The van der Waals surface area contributed by atoms with E-state index in [9.17, 15) is 0 Å². The number of rotatable bonds is 3. The lowest BCUT2D eigenvalue weighted by Crippen LogP contribution is -1.82. The molecule has 0 saturated carbocycles. The van der Waals surface area contributed by atoms with Crippen LogP contribution in [0.25, 0.3) is 33.7 Å². The van der Waals surface area contributed by atoms with Gasteiger partial charge in [-0.3, -0.25) is 0 Å². The SMILES string of the molecule is COc1ccc2cc(C=Cc3ccc4ccccc4c3)ccc2c1. The average molecular weight is 310 g/mol. The number of benzene rings is 4. The highest BCUT2D eigenvalue weighted by atomic mass is 16.5. The molecule has 116 valence electrons. The van der Waals surface area contributed by atoms with Crippen molar-refractivity contribution >= 4 is 33.7 Å². The van der Waals surface area contributed by atoms with E-state index in [0.29, 0.717) is 0 Å². The van der Waals surface area contributed by atoms with Gasteiger partial charge in [0.25, 0.3) is 0 Å². The van der Waals surface area contributed by atoms with Crippen LogP contribution in [0.4, 0.5) is 0 Å². The Morgan fingerprint density at radius 2 is 1.12 bits per heavy atom. The lowest BCUT2D eigenvalue weighted by molar-refractivity contribution is 0.415. The maximum atomic E-state index is 5.28. The first-order valence-corrected chi connectivity index (χ1v) is 8.06. The molecular weight excluding hydrogens is 292 g/mol. The van der Waals surface area contributed by atoms with Crippen molar-refractivity contribution in [1.82, 2.24) is 0 Å². The zero-order valence-electron chi connectivity index (χ0n) is 13.6. The van der Waals surface area contributed by atoms with Gasteiger partial charge >= 0.3 is 0 Å². The fraction of sp³-hybridized carbons (Fsp3) is 0.0435. The molecule has 0 spiro atoms. The maximum absolute atomic E-state index is 5.28. The van der Waals surface area contributed by atoms with Gasteiger partial charge in [-0.2, -0.15) is 0 Å². The number of fused-ring (bicyclic) bond motifs is 2. The Kier molecular flexibility index (Phi) is 3.76. The van der Waals surface area contributed by atoms with Gasteiger partial charge in [0.1, 0.15) is 5.75 Å². The largest absolute Gasteiger partial charge is 0.497 e. The molecule has 24 heavy (non-hydrogen) atoms. The molecule has 0 N–H and O–H groups in total. The van der Waals surface area contributed by atoms with Crippen LogP contribution in [-0.2, 0) is 0 Å². The summed E-state index contributed by atoms with van der Waals surface area (Å²) in [6.45, 7) is 0. The molecule has 0 saturated heterocycles. The Bertz CT molecular complexity index is 1040. The van der Waals surface area contributed by atoms with E-state index < -0.39 is 0 Å². The van der Waals surface area contributed by atoms with Crippen molar-refractivity contribution in [1.29, 1.82) is 0 Å². The minimum atomic E-state index is 0.891. The third-order valence-electron chi connectivity index (χ3n) is 4.31. The first-order chi connectivity index (χ1) is 11.8. The Balaban J connectivity index is 1.65. The second-order valence-electron chi connectivity index (χ2n) is 5.91. The van der Waals surface area contributed by atoms with Gasteiger partial charge in [-0.15, -0.1) is 0 Å². The van der Waals surface area contributed by atoms with Crippen LogP contribution in [0.1, 0.15) is 11.1 Å². The fourth-order valence-corrected chi connectivity index (χ4v) is 2.98. The van der Waals surface area contributed by atoms with Gasteiger partial charge in [-0.25, -0.2) is 0 Å². The van der Waals surface area contributed by atoms with Crippen LogP contribution in [0.15, 0.2) is 78.9 Å². The van der Waals surface area contributed by atoms with E-state index in [-0.39, 0.29) is 0 Å². The van der Waals surface area contributed by atoms with E-state index in [1.165, 1.54) is 32.7 Å². The van der Waals surface area contributed by atoms with Crippen LogP contribution in [0.5, 0.6) is 5.75 Å². The highest BCUT2D eigenvalue weighted by Crippen LogP contribution is 2.23. The molecule has 0 radical (unpaired) electrons. The van der Waals surface area contributed by atoms with Gasteiger partial charge in [-0.1, -0.05) is 66.7 Å². The monoisotopic (exact) mass is 310 g/mol. The number of hydrogen-bond acceptors (Lipinski definition) is 1. The van der Waals surface area contributed by atoms with Crippen LogP contribution in [-0.4, -0.2) is 7.11 Å². The summed E-state index contributed by atoms with van der Waals surface area (Å²) in [5, 5.41) is 4.95. The van der Waals surface area contributed by atoms with E-state index in [1.807, 2.05) is 6.07 Å². The highest BCUT2D eigenvalue weighted by Gasteiger charge is 1.98. The van der Waals surface area contributed by atoms with Crippen molar-refractivity contribution in [3.8, 4) is 5.75 Å². The molecule has 4 aromatic carbocycles. The van der Waals surface area contributed by atoms with E-state index in [2.05, 4.69) is 84.9 Å². The third kappa shape index (κ3) is 2.89. The molecular formula is C23H18O. The summed E-state index contributed by atoms with van der Waals surface area (Å²) < 4.78 is 5.28. The van der Waals surface area contributed by atoms with E-state index in [4.69, 9.17) is 4.74 Å². The average Bonchev–Trinajstić information content (AvgIpc) is 2.65. The van der Waals surface area contributed by atoms with Gasteiger partial charge in [0.05, 0.1) is 7.11 Å². The zero-order valence-corrected chi connectivity index (χ0v) is 13.6. The molecule has 0 aliphatic carbocycles. The first kappa shape index (κ1) is 14.5. The van der Waals surface area contributed by atoms with Crippen LogP contribution < -0.4 is 4.74 Å². The molecule has 0 unspecified atom stereocenters. The maximum Gasteiger partial charge on any atom is 0.119 e. The Morgan fingerprint density at radius 1 is 0.583 bits per heavy atom. The summed E-state index contributed by atoms with van der Waals surface area (Å²) in [5.74, 6) is 0.891. The molecule has 0 aliphatic rings. The predicted octanol–water partition coefficient (Wildman–Crippen LogP) is 6.17. The summed E-state index contributed by atoms with van der Waals surface area (Å²) in [4.78, 5) is 0. The quantitative estimate of drug-likeness (QED) is 0.411. The second kappa shape index (κ2) is 6.21. The molecule has 0 fully saturated rings. The van der Waals surface area contributed by atoms with Gasteiger partial charge in [0.15, 0.2) is 0 Å². The molecule has 1 nitrogen and oxygen atoms in total. The molecule has 0 atom stereocenters. The van der Waals surface area contributed by atoms with Gasteiger partial charge < -0.3 is 4.74 Å². The standard InChI is InChI=1S/C23H18O/c1-24-23-13-12-21-15-18(9-11-22(21)16-23)7-6-17-8-10-19-4-2-3-5-20(19)14-17/h2-16H,1H3. The molecule has 0 aromatic heterocycles. The molecule has 4 aromatic rings. The topological polar surface area (TPSA) is 9.23 Å². The summed E-state index contributed by atoms with van der Waals surface area (Å²) in [7, 11) is 1.70. The lowest BCUT2D eigenvalue weighted by Gasteiger charge is -2.04. The normalized spacial score (nSPS) is 11.4. The Labute approximate surface area is 141 Å². The molecule has 4 rings (SSSR count). The fourth-order valence-electron chi connectivity index (χ4n) is 2.98. The third-order valence-corrected chi connectivity index (χ3v) is 4.31. The summed E-state index contributed by atoms with van der Waals surface area (Å²) in [5.41, 5.74) is 2.41. The summed E-state index contributed by atoms with van der Waals surface area (Å²) in [6.07, 6.45) is 4.32. The van der Waals surface area contributed by atoms with Crippen molar-refractivity contribution in [2.75, 3.05) is 7.11 Å². The minimum absolute atomic E-state index is 0.891. The predicted molar refractivity (Wildman–Crippen MR) is 103 cm³/mol. The van der Waals surface area contributed by atoms with Crippen LogP contribution in [0.2, 0.25) is 0 Å². The summed E-state index contributed by atoms with van der Waals surface area (Å²) in [6, 6.07) is 27.6. The first-order valence-electron chi connectivity index (χ1n) is 8.06. The van der Waals surface area contributed by atoms with Crippen molar-refractivity contribution in [3.05, 3.63) is 90.0 Å².